The minimum Gasteiger partial charge on any atom is -0.359 e. The molecule has 2 nitrogen and oxygen atoms in total. The normalized spacial score (nSPS) is 21.5. The predicted octanol–water partition coefficient (Wildman–Crippen LogP) is 15.5. The molecule has 0 aromatic heterocycles. The summed E-state index contributed by atoms with van der Waals surface area (Å²) in [4.78, 5) is 5.17. The van der Waals surface area contributed by atoms with E-state index in [1.165, 1.54) is 99.8 Å². The zero-order chi connectivity index (χ0) is 42.1. The van der Waals surface area contributed by atoms with Crippen molar-refractivity contribution in [1.29, 1.82) is 0 Å². The summed E-state index contributed by atoms with van der Waals surface area (Å²) < 4.78 is 0. The van der Waals surface area contributed by atoms with Crippen molar-refractivity contribution in [3.8, 4) is 11.1 Å². The zero-order valence-electron chi connectivity index (χ0n) is 36.8. The number of aliphatic imine (C=N–C) groups is 1. The second-order valence-corrected chi connectivity index (χ2v) is 19.5. The van der Waals surface area contributed by atoms with E-state index in [0.717, 1.165) is 54.8 Å². The molecule has 7 aliphatic rings. The monoisotopic (exact) mass is 816 g/mol. The molecular formula is C61H56N2. The van der Waals surface area contributed by atoms with Crippen LogP contribution in [0.4, 0.5) is 0 Å². The number of fused-ring (bicyclic) bond motifs is 7. The smallest absolute Gasteiger partial charge is 0.134 e. The van der Waals surface area contributed by atoms with Gasteiger partial charge < -0.3 is 5.32 Å². The van der Waals surface area contributed by atoms with Crippen molar-refractivity contribution in [2.24, 2.45) is 4.99 Å². The molecule has 12 rings (SSSR count). The summed E-state index contributed by atoms with van der Waals surface area (Å²) in [5, 5.41) is 3.77. The van der Waals surface area contributed by atoms with Crippen LogP contribution < -0.4 is 5.32 Å². The highest BCUT2D eigenvalue weighted by atomic mass is 15.0. The Balaban J connectivity index is 0.846. The summed E-state index contributed by atoms with van der Waals surface area (Å²) in [6, 6.07) is 43.4. The van der Waals surface area contributed by atoms with E-state index in [9.17, 15) is 0 Å². The van der Waals surface area contributed by atoms with Crippen LogP contribution in [0.15, 0.2) is 174 Å². The lowest BCUT2D eigenvalue weighted by atomic mass is 9.65. The number of allylic oxidation sites excluding steroid dienone is 12. The van der Waals surface area contributed by atoms with Crippen molar-refractivity contribution < 1.29 is 0 Å². The summed E-state index contributed by atoms with van der Waals surface area (Å²) >= 11 is 0. The van der Waals surface area contributed by atoms with Crippen molar-refractivity contribution in [1.82, 2.24) is 5.32 Å². The van der Waals surface area contributed by atoms with Crippen LogP contribution in [-0.4, -0.2) is 5.84 Å². The van der Waals surface area contributed by atoms with Crippen LogP contribution >= 0.6 is 0 Å². The average molecular weight is 817 g/mol. The standard InChI is InChI=1S/C61H56N2/c1-60(2)52-21-11-10-19-49(52)50-37-55-51(38-54(50)60)58-48(20-14-22-53(58)61(55)35-12-5-13-36-61)44-29-23-42(24-30-44)43-27-33-46(34-28-43)57-39-56(62-59(63-57)47-17-8-4-9-18-47)45-31-25-41(26-32-45)40-15-6-3-7-16-40/h4,6,8-9,15-21,23-34,37-39,57H,3,5,7,10-14,22,35-36H2,1-2H3,(H,62,63). The fourth-order valence-corrected chi connectivity index (χ4v) is 12.3. The molecule has 1 N–H and O–H groups in total. The van der Waals surface area contributed by atoms with Gasteiger partial charge in [-0.15, -0.1) is 0 Å². The van der Waals surface area contributed by atoms with Crippen LogP contribution in [0.1, 0.15) is 141 Å². The molecule has 63 heavy (non-hydrogen) atoms. The quantitative estimate of drug-likeness (QED) is 0.181. The van der Waals surface area contributed by atoms with E-state index in [1.807, 2.05) is 0 Å². The first-order chi connectivity index (χ1) is 30.9. The summed E-state index contributed by atoms with van der Waals surface area (Å²) in [5.74, 6) is 0.898. The lowest BCUT2D eigenvalue weighted by molar-refractivity contribution is 0.338. The van der Waals surface area contributed by atoms with Crippen molar-refractivity contribution in [3.05, 3.63) is 219 Å². The molecule has 5 aromatic carbocycles. The van der Waals surface area contributed by atoms with Crippen molar-refractivity contribution >= 4 is 33.8 Å². The fourth-order valence-electron chi connectivity index (χ4n) is 12.3. The lowest BCUT2D eigenvalue weighted by Gasteiger charge is -2.39. The van der Waals surface area contributed by atoms with Crippen molar-refractivity contribution in [2.45, 2.75) is 101 Å². The van der Waals surface area contributed by atoms with Gasteiger partial charge in [-0.2, -0.15) is 0 Å². The molecule has 0 radical (unpaired) electrons. The topological polar surface area (TPSA) is 24.4 Å². The Morgan fingerprint density at radius 1 is 0.571 bits per heavy atom. The number of hydrogen-bond donors (Lipinski definition) is 1. The first-order valence-electron chi connectivity index (χ1n) is 23.8. The van der Waals surface area contributed by atoms with Gasteiger partial charge in [0.2, 0.25) is 0 Å². The lowest BCUT2D eigenvalue weighted by Crippen LogP contribution is -2.31. The SMILES string of the molecule is CC1(C)C2=CCCC=C2c2cc3c(cc21)C1=C(CCC=C1c1ccc(-c2ccc(C4C=C(c5ccc(C6=CCCC=C6)cc5)N=C(c5ccccc5)N4)cc2)cc1)C31CCCCC1. The van der Waals surface area contributed by atoms with E-state index < -0.39 is 0 Å². The third-order valence-electron chi connectivity index (χ3n) is 15.5. The highest BCUT2D eigenvalue weighted by Gasteiger charge is 2.49. The highest BCUT2D eigenvalue weighted by Crippen LogP contribution is 2.62. The Hall–Kier alpha value is -6.25. The zero-order valence-corrected chi connectivity index (χ0v) is 36.8. The van der Waals surface area contributed by atoms with Gasteiger partial charge in [-0.1, -0.05) is 178 Å². The number of nitrogens with zero attached hydrogens (tertiary/aromatic N) is 1. The predicted molar refractivity (Wildman–Crippen MR) is 265 cm³/mol. The molecule has 1 atom stereocenters. The molecular weight excluding hydrogens is 761 g/mol. The van der Waals surface area contributed by atoms with E-state index in [2.05, 4.69) is 177 Å². The van der Waals surface area contributed by atoms with Crippen LogP contribution in [0.2, 0.25) is 0 Å². The molecule has 310 valence electrons. The number of rotatable bonds is 6. The first-order valence-corrected chi connectivity index (χ1v) is 23.8. The molecule has 0 saturated heterocycles. The molecule has 2 heteroatoms. The maximum Gasteiger partial charge on any atom is 0.134 e. The van der Waals surface area contributed by atoms with Crippen LogP contribution in [0.25, 0.3) is 39.1 Å². The number of benzene rings is 5. The van der Waals surface area contributed by atoms with Gasteiger partial charge in [0, 0.05) is 16.4 Å². The van der Waals surface area contributed by atoms with Gasteiger partial charge in [-0.05, 0) is 153 Å². The average Bonchev–Trinajstić information content (AvgIpc) is 3.74. The van der Waals surface area contributed by atoms with Gasteiger partial charge in [-0.3, -0.25) is 0 Å². The number of nitrogens with one attached hydrogen (secondary N) is 1. The van der Waals surface area contributed by atoms with Crippen LogP contribution in [0, 0.1) is 0 Å². The second-order valence-electron chi connectivity index (χ2n) is 19.5. The third-order valence-corrected chi connectivity index (χ3v) is 15.5. The summed E-state index contributed by atoms with van der Waals surface area (Å²) in [5.41, 5.74) is 25.1. The number of amidine groups is 1. The van der Waals surface area contributed by atoms with Gasteiger partial charge in [0.25, 0.3) is 0 Å². The number of hydrogen-bond acceptors (Lipinski definition) is 2. The summed E-state index contributed by atoms with van der Waals surface area (Å²) in [6.07, 6.45) is 30.2. The minimum absolute atomic E-state index is 0.0143. The Morgan fingerprint density at radius 2 is 1.24 bits per heavy atom. The molecule has 5 aromatic rings. The van der Waals surface area contributed by atoms with Crippen LogP contribution in [0.3, 0.4) is 0 Å². The minimum atomic E-state index is -0.0143. The Bertz CT molecular complexity index is 2910. The molecule has 0 amide bonds. The van der Waals surface area contributed by atoms with E-state index in [0.29, 0.717) is 0 Å². The molecule has 1 heterocycles. The van der Waals surface area contributed by atoms with Crippen molar-refractivity contribution in [2.75, 3.05) is 0 Å². The molecule has 1 saturated carbocycles. The molecule has 0 bridgehead atoms. The van der Waals surface area contributed by atoms with E-state index in [4.69, 9.17) is 4.99 Å². The van der Waals surface area contributed by atoms with Gasteiger partial charge in [0.15, 0.2) is 0 Å². The van der Waals surface area contributed by atoms with E-state index in [-0.39, 0.29) is 16.9 Å². The molecule has 1 aliphatic heterocycles. The van der Waals surface area contributed by atoms with Gasteiger partial charge in [0.1, 0.15) is 5.84 Å². The van der Waals surface area contributed by atoms with Crippen LogP contribution in [-0.2, 0) is 10.8 Å². The first kappa shape index (κ1) is 38.4. The summed E-state index contributed by atoms with van der Waals surface area (Å²) in [7, 11) is 0. The molecule has 6 aliphatic carbocycles. The third kappa shape index (κ3) is 6.39. The van der Waals surface area contributed by atoms with Crippen molar-refractivity contribution in [3.63, 3.8) is 0 Å². The van der Waals surface area contributed by atoms with E-state index in [1.54, 1.807) is 22.3 Å². The van der Waals surface area contributed by atoms with Gasteiger partial charge >= 0.3 is 0 Å². The van der Waals surface area contributed by atoms with Crippen LogP contribution in [0.5, 0.6) is 0 Å². The Kier molecular flexibility index (Phi) is 9.29. The largest absolute Gasteiger partial charge is 0.359 e. The maximum atomic E-state index is 5.17. The van der Waals surface area contributed by atoms with E-state index >= 15 is 0 Å². The van der Waals surface area contributed by atoms with Gasteiger partial charge in [-0.25, -0.2) is 4.99 Å². The maximum absolute atomic E-state index is 5.17. The molecule has 1 fully saturated rings. The highest BCUT2D eigenvalue weighted by molar-refractivity contribution is 6.11. The Labute approximate surface area is 374 Å². The fraction of sp³-hybridized carbons (Fsp3) is 0.262. The summed E-state index contributed by atoms with van der Waals surface area (Å²) in [6.45, 7) is 4.92. The molecule has 1 spiro atoms. The Morgan fingerprint density at radius 3 is 2.00 bits per heavy atom. The second kappa shape index (κ2) is 15.2. The molecule has 1 unspecified atom stereocenters. The van der Waals surface area contributed by atoms with Gasteiger partial charge in [0.05, 0.1) is 11.7 Å².